The molecule has 0 fully saturated rings. The molecule has 2 heteroatoms. The first-order chi connectivity index (χ1) is 3.81. The highest BCUT2D eigenvalue weighted by atomic mass is 19.2. The summed E-state index contributed by atoms with van der Waals surface area (Å²) in [7, 11) is 0. The predicted molar refractivity (Wildman–Crippen MR) is 29.8 cm³/mol. The monoisotopic (exact) mass is 120 g/mol. The second kappa shape index (κ2) is 4.75. The SMILES string of the molecule is CCCC/C(F)=C\F. The molecular formula is C6H10F2. The third kappa shape index (κ3) is 3.78. The molecule has 0 aliphatic heterocycles. The lowest BCUT2D eigenvalue weighted by Gasteiger charge is -1.88. The minimum atomic E-state index is -0.646. The van der Waals surface area contributed by atoms with E-state index >= 15 is 0 Å². The minimum Gasteiger partial charge on any atom is -0.213 e. The molecule has 0 aromatic carbocycles. The van der Waals surface area contributed by atoms with Gasteiger partial charge < -0.3 is 0 Å². The number of hydrogen-bond acceptors (Lipinski definition) is 0. The Bertz CT molecular complexity index is 76.6. The summed E-state index contributed by atoms with van der Waals surface area (Å²) in [5, 5.41) is 0. The number of hydrogen-bond donors (Lipinski definition) is 0. The fourth-order valence-corrected chi connectivity index (χ4v) is 0.400. The normalized spacial score (nSPS) is 12.1. The van der Waals surface area contributed by atoms with Crippen molar-refractivity contribution in [1.82, 2.24) is 0 Å². The van der Waals surface area contributed by atoms with Crippen molar-refractivity contribution in [3.63, 3.8) is 0 Å². The molecule has 0 unspecified atom stereocenters. The van der Waals surface area contributed by atoms with Crippen molar-refractivity contribution >= 4 is 0 Å². The first-order valence-corrected chi connectivity index (χ1v) is 2.76. The van der Waals surface area contributed by atoms with Crippen molar-refractivity contribution in [2.45, 2.75) is 26.2 Å². The fourth-order valence-electron chi connectivity index (χ4n) is 0.400. The summed E-state index contributed by atoms with van der Waals surface area (Å²) < 4.78 is 23.0. The van der Waals surface area contributed by atoms with Crippen LogP contribution in [0, 0.1) is 0 Å². The van der Waals surface area contributed by atoms with E-state index in [4.69, 9.17) is 0 Å². The van der Waals surface area contributed by atoms with Gasteiger partial charge in [-0.15, -0.1) is 0 Å². The van der Waals surface area contributed by atoms with Crippen LogP contribution in [0.4, 0.5) is 8.78 Å². The molecule has 0 nitrogen and oxygen atoms in total. The first kappa shape index (κ1) is 7.60. The summed E-state index contributed by atoms with van der Waals surface area (Å²) in [5.74, 6) is -0.646. The van der Waals surface area contributed by atoms with Gasteiger partial charge in [0.05, 0.1) is 0 Å². The highest BCUT2D eigenvalue weighted by Gasteiger charge is 1.90. The number of halogens is 2. The lowest BCUT2D eigenvalue weighted by Crippen LogP contribution is -1.72. The molecule has 0 amide bonds. The summed E-state index contributed by atoms with van der Waals surface area (Å²) >= 11 is 0. The largest absolute Gasteiger partial charge is 0.213 e. The second-order valence-electron chi connectivity index (χ2n) is 1.66. The van der Waals surface area contributed by atoms with Crippen molar-refractivity contribution in [2.24, 2.45) is 0 Å². The van der Waals surface area contributed by atoms with Crippen LogP contribution in [0.2, 0.25) is 0 Å². The number of allylic oxidation sites excluding steroid dienone is 1. The quantitative estimate of drug-likeness (QED) is 0.537. The molecule has 0 N–H and O–H groups in total. The van der Waals surface area contributed by atoms with Crippen LogP contribution in [-0.2, 0) is 0 Å². The molecular weight excluding hydrogens is 110 g/mol. The molecule has 0 heterocycles. The van der Waals surface area contributed by atoms with Gasteiger partial charge in [-0.2, -0.15) is 0 Å². The molecule has 8 heavy (non-hydrogen) atoms. The minimum absolute atomic E-state index is 0.0235. The summed E-state index contributed by atoms with van der Waals surface area (Å²) in [6.07, 6.45) is 1.90. The van der Waals surface area contributed by atoms with Gasteiger partial charge >= 0.3 is 0 Å². The van der Waals surface area contributed by atoms with Crippen LogP contribution in [0.5, 0.6) is 0 Å². The van der Waals surface area contributed by atoms with Crippen molar-refractivity contribution < 1.29 is 8.78 Å². The average molecular weight is 120 g/mol. The van der Waals surface area contributed by atoms with E-state index in [1.54, 1.807) is 0 Å². The van der Waals surface area contributed by atoms with Crippen LogP contribution in [0.1, 0.15) is 26.2 Å². The summed E-state index contributed by atoms with van der Waals surface area (Å²) in [6.45, 7) is 1.94. The first-order valence-electron chi connectivity index (χ1n) is 2.76. The maximum atomic E-state index is 11.8. The van der Waals surface area contributed by atoms with Gasteiger partial charge in [-0.1, -0.05) is 13.3 Å². The van der Waals surface area contributed by atoms with Crippen molar-refractivity contribution in [1.29, 1.82) is 0 Å². The smallest absolute Gasteiger partial charge is 0.128 e. The highest BCUT2D eigenvalue weighted by Crippen LogP contribution is 2.07. The molecule has 0 aliphatic carbocycles. The zero-order chi connectivity index (χ0) is 6.41. The van der Waals surface area contributed by atoms with Gasteiger partial charge in [0.1, 0.15) is 12.2 Å². The Kier molecular flexibility index (Phi) is 4.51. The van der Waals surface area contributed by atoms with Crippen LogP contribution in [0.25, 0.3) is 0 Å². The lowest BCUT2D eigenvalue weighted by molar-refractivity contribution is 0.533. The Morgan fingerprint density at radius 3 is 2.62 bits per heavy atom. The van der Waals surface area contributed by atoms with Crippen LogP contribution in [-0.4, -0.2) is 0 Å². The molecule has 0 saturated carbocycles. The zero-order valence-electron chi connectivity index (χ0n) is 4.95. The summed E-state index contributed by atoms with van der Waals surface area (Å²) in [5.41, 5.74) is 0. The summed E-state index contributed by atoms with van der Waals surface area (Å²) in [6, 6.07) is 0. The Balaban J connectivity index is 3.12. The van der Waals surface area contributed by atoms with Crippen LogP contribution in [0.15, 0.2) is 12.2 Å². The van der Waals surface area contributed by atoms with E-state index in [-0.39, 0.29) is 12.8 Å². The van der Waals surface area contributed by atoms with Crippen molar-refractivity contribution in [3.05, 3.63) is 12.2 Å². The van der Waals surface area contributed by atoms with Gasteiger partial charge in [0, 0.05) is 6.42 Å². The molecule has 0 aromatic rings. The molecule has 0 saturated heterocycles. The summed E-state index contributed by atoms with van der Waals surface area (Å²) in [4.78, 5) is 0. The Labute approximate surface area is 48.2 Å². The van der Waals surface area contributed by atoms with E-state index in [1.807, 2.05) is 6.92 Å². The number of unbranched alkanes of at least 4 members (excludes halogenated alkanes) is 1. The van der Waals surface area contributed by atoms with Gasteiger partial charge in [0.25, 0.3) is 0 Å². The number of rotatable bonds is 3. The van der Waals surface area contributed by atoms with E-state index in [2.05, 4.69) is 0 Å². The van der Waals surface area contributed by atoms with Crippen LogP contribution < -0.4 is 0 Å². The van der Waals surface area contributed by atoms with Gasteiger partial charge in [0.15, 0.2) is 0 Å². The predicted octanol–water partition coefficient (Wildman–Crippen LogP) is 2.96. The van der Waals surface area contributed by atoms with Gasteiger partial charge in [-0.3, -0.25) is 0 Å². The van der Waals surface area contributed by atoms with E-state index in [9.17, 15) is 8.78 Å². The molecule has 0 bridgehead atoms. The van der Waals surface area contributed by atoms with Crippen LogP contribution in [0.3, 0.4) is 0 Å². The Morgan fingerprint density at radius 2 is 2.25 bits per heavy atom. The third-order valence-corrected chi connectivity index (χ3v) is 0.888. The zero-order valence-corrected chi connectivity index (χ0v) is 4.95. The average Bonchev–Trinajstić information content (AvgIpc) is 1.83. The molecule has 48 valence electrons. The standard InChI is InChI=1S/C6H10F2/c1-2-3-4-6(8)5-7/h5H,2-4H2,1H3/b6-5+. The molecule has 0 spiro atoms. The van der Waals surface area contributed by atoms with E-state index in [0.717, 1.165) is 12.8 Å². The van der Waals surface area contributed by atoms with E-state index < -0.39 is 5.83 Å². The molecule has 0 radical (unpaired) electrons. The lowest BCUT2D eigenvalue weighted by atomic mass is 10.2. The van der Waals surface area contributed by atoms with Gasteiger partial charge in [-0.25, -0.2) is 8.78 Å². The fraction of sp³-hybridized carbons (Fsp3) is 0.667. The topological polar surface area (TPSA) is 0 Å². The molecule has 0 atom stereocenters. The molecule has 0 rings (SSSR count). The van der Waals surface area contributed by atoms with Crippen molar-refractivity contribution in [3.8, 4) is 0 Å². The third-order valence-electron chi connectivity index (χ3n) is 0.888. The maximum Gasteiger partial charge on any atom is 0.128 e. The van der Waals surface area contributed by atoms with Crippen LogP contribution >= 0.6 is 0 Å². The van der Waals surface area contributed by atoms with Gasteiger partial charge in [-0.05, 0) is 6.42 Å². The van der Waals surface area contributed by atoms with E-state index in [0.29, 0.717) is 0 Å². The Hall–Kier alpha value is -0.400. The molecule has 0 aliphatic rings. The van der Waals surface area contributed by atoms with Gasteiger partial charge in [0.2, 0.25) is 0 Å². The van der Waals surface area contributed by atoms with Crippen molar-refractivity contribution in [2.75, 3.05) is 0 Å². The highest BCUT2D eigenvalue weighted by molar-refractivity contribution is 4.83. The Morgan fingerprint density at radius 1 is 1.62 bits per heavy atom. The van der Waals surface area contributed by atoms with E-state index in [1.165, 1.54) is 0 Å². The second-order valence-corrected chi connectivity index (χ2v) is 1.66. The molecule has 0 aromatic heterocycles. The maximum absolute atomic E-state index is 11.8.